The molecule has 2 aromatic heterocycles. The molecule has 0 radical (unpaired) electrons. The second kappa shape index (κ2) is 6.52. The Balaban J connectivity index is 1.70. The van der Waals surface area contributed by atoms with Gasteiger partial charge in [0.05, 0.1) is 17.9 Å². The number of pyridine rings is 1. The fourth-order valence-electron chi connectivity index (χ4n) is 2.37. The van der Waals surface area contributed by atoms with E-state index < -0.39 is 11.9 Å². The predicted octanol–water partition coefficient (Wildman–Crippen LogP) is 2.80. The van der Waals surface area contributed by atoms with Crippen molar-refractivity contribution in [2.45, 2.75) is 31.5 Å². The number of aromatic nitrogens is 3. The standard InChI is InChI=1S/C15H14ClF3N4O/c16-14-9(1-3-12(24)11-5-6-20-11)8-23(22-14)10-2-4-13(21-7-10)15(17,18)19/h2,4,7-8,11,20H,1,3,5-6H2/t11-/m0/s1. The Bertz CT molecular complexity index is 738. The molecule has 1 aliphatic rings. The van der Waals surface area contributed by atoms with Crippen LogP contribution in [0.4, 0.5) is 13.2 Å². The highest BCUT2D eigenvalue weighted by atomic mass is 35.5. The van der Waals surface area contributed by atoms with Crippen LogP contribution in [0.15, 0.2) is 24.5 Å². The quantitative estimate of drug-likeness (QED) is 0.893. The Morgan fingerprint density at radius 1 is 1.42 bits per heavy atom. The van der Waals surface area contributed by atoms with E-state index >= 15 is 0 Å². The lowest BCUT2D eigenvalue weighted by atomic mass is 9.98. The smallest absolute Gasteiger partial charge is 0.307 e. The molecule has 0 spiro atoms. The number of alkyl halides is 3. The SMILES string of the molecule is O=C(CCc1cn(-c2ccc(C(F)(F)F)nc2)nc1Cl)[C@@H]1CCN1. The number of hydrogen-bond donors (Lipinski definition) is 1. The van der Waals surface area contributed by atoms with Crippen molar-refractivity contribution in [1.82, 2.24) is 20.1 Å². The molecule has 1 atom stereocenters. The zero-order chi connectivity index (χ0) is 17.3. The maximum Gasteiger partial charge on any atom is 0.433 e. The number of aryl methyl sites for hydroxylation is 1. The van der Waals surface area contributed by atoms with Gasteiger partial charge in [-0.05, 0) is 31.5 Å². The van der Waals surface area contributed by atoms with Crippen LogP contribution in [-0.4, -0.2) is 33.1 Å². The molecule has 0 amide bonds. The van der Waals surface area contributed by atoms with Gasteiger partial charge in [0.2, 0.25) is 0 Å². The van der Waals surface area contributed by atoms with E-state index in [2.05, 4.69) is 15.4 Å². The van der Waals surface area contributed by atoms with Gasteiger partial charge >= 0.3 is 6.18 Å². The molecule has 0 unspecified atom stereocenters. The van der Waals surface area contributed by atoms with Gasteiger partial charge in [-0.1, -0.05) is 11.6 Å². The Kier molecular flexibility index (Phi) is 4.60. The number of nitrogens with one attached hydrogen (secondary N) is 1. The van der Waals surface area contributed by atoms with Gasteiger partial charge in [0.25, 0.3) is 0 Å². The second-order valence-corrected chi connectivity index (χ2v) is 5.91. The fourth-order valence-corrected chi connectivity index (χ4v) is 2.60. The Hall–Kier alpha value is -1.93. The van der Waals surface area contributed by atoms with Crippen molar-refractivity contribution >= 4 is 17.4 Å². The summed E-state index contributed by atoms with van der Waals surface area (Å²) in [7, 11) is 0. The van der Waals surface area contributed by atoms with Gasteiger partial charge < -0.3 is 5.32 Å². The minimum absolute atomic E-state index is 0.0714. The van der Waals surface area contributed by atoms with Crippen LogP contribution in [0, 0.1) is 0 Å². The van der Waals surface area contributed by atoms with E-state index in [-0.39, 0.29) is 17.0 Å². The molecule has 24 heavy (non-hydrogen) atoms. The van der Waals surface area contributed by atoms with Crippen LogP contribution in [-0.2, 0) is 17.4 Å². The van der Waals surface area contributed by atoms with Crippen molar-refractivity contribution in [1.29, 1.82) is 0 Å². The number of hydrogen-bond acceptors (Lipinski definition) is 4. The molecule has 1 fully saturated rings. The first-order valence-electron chi connectivity index (χ1n) is 7.38. The summed E-state index contributed by atoms with van der Waals surface area (Å²) < 4.78 is 38.9. The van der Waals surface area contributed by atoms with Crippen LogP contribution in [0.2, 0.25) is 5.15 Å². The lowest BCUT2D eigenvalue weighted by molar-refractivity contribution is -0.141. The minimum Gasteiger partial charge on any atom is -0.307 e. The number of carbonyl (C=O) groups excluding carboxylic acids is 1. The maximum absolute atomic E-state index is 12.5. The van der Waals surface area contributed by atoms with Crippen LogP contribution in [0.5, 0.6) is 0 Å². The molecule has 3 heterocycles. The van der Waals surface area contributed by atoms with Gasteiger partial charge in [-0.2, -0.15) is 18.3 Å². The number of Topliss-reactive ketones (excluding diaryl/α,β-unsaturated/α-hetero) is 1. The zero-order valence-corrected chi connectivity index (χ0v) is 13.2. The zero-order valence-electron chi connectivity index (χ0n) is 12.5. The summed E-state index contributed by atoms with van der Waals surface area (Å²) in [6.07, 6.45) is -0.171. The van der Waals surface area contributed by atoms with E-state index in [1.54, 1.807) is 6.20 Å². The molecule has 2 aromatic rings. The van der Waals surface area contributed by atoms with Crippen molar-refractivity contribution in [2.24, 2.45) is 0 Å². The largest absolute Gasteiger partial charge is 0.433 e. The minimum atomic E-state index is -4.48. The first-order chi connectivity index (χ1) is 11.3. The highest BCUT2D eigenvalue weighted by Gasteiger charge is 2.32. The molecular weight excluding hydrogens is 345 g/mol. The maximum atomic E-state index is 12.5. The van der Waals surface area contributed by atoms with Crippen LogP contribution < -0.4 is 5.32 Å². The number of carbonyl (C=O) groups is 1. The summed E-state index contributed by atoms with van der Waals surface area (Å²) >= 11 is 6.05. The van der Waals surface area contributed by atoms with Gasteiger partial charge in [0.1, 0.15) is 11.5 Å². The Labute approximate surface area is 140 Å². The highest BCUT2D eigenvalue weighted by Crippen LogP contribution is 2.28. The van der Waals surface area contributed by atoms with Crippen LogP contribution in [0.1, 0.15) is 24.1 Å². The first kappa shape index (κ1) is 16.9. The summed E-state index contributed by atoms with van der Waals surface area (Å²) in [5.74, 6) is 0.126. The monoisotopic (exact) mass is 358 g/mol. The molecular formula is C15H14ClF3N4O. The summed E-state index contributed by atoms with van der Waals surface area (Å²) in [6, 6.07) is 2.08. The second-order valence-electron chi connectivity index (χ2n) is 5.55. The third-order valence-corrected chi connectivity index (χ3v) is 4.21. The number of rotatable bonds is 5. The van der Waals surface area contributed by atoms with E-state index in [0.29, 0.717) is 24.1 Å². The molecule has 0 aliphatic carbocycles. The van der Waals surface area contributed by atoms with E-state index in [9.17, 15) is 18.0 Å². The molecule has 0 bridgehead atoms. The third-order valence-electron chi connectivity index (χ3n) is 3.89. The molecule has 1 N–H and O–H groups in total. The summed E-state index contributed by atoms with van der Waals surface area (Å²) in [5.41, 5.74) is 0.0655. The van der Waals surface area contributed by atoms with Crippen molar-refractivity contribution in [3.8, 4) is 5.69 Å². The van der Waals surface area contributed by atoms with Gasteiger partial charge in [-0.25, -0.2) is 9.67 Å². The molecule has 0 aromatic carbocycles. The third kappa shape index (κ3) is 3.59. The molecule has 5 nitrogen and oxygen atoms in total. The average Bonchev–Trinajstić information content (AvgIpc) is 2.84. The van der Waals surface area contributed by atoms with Crippen LogP contribution in [0.3, 0.4) is 0 Å². The lowest BCUT2D eigenvalue weighted by Gasteiger charge is -2.25. The predicted molar refractivity (Wildman–Crippen MR) is 81.1 cm³/mol. The Morgan fingerprint density at radius 3 is 2.71 bits per heavy atom. The molecule has 9 heteroatoms. The van der Waals surface area contributed by atoms with Gasteiger partial charge in [0.15, 0.2) is 5.15 Å². The summed E-state index contributed by atoms with van der Waals surface area (Å²) in [6.45, 7) is 0.857. The van der Waals surface area contributed by atoms with Crippen LogP contribution in [0.25, 0.3) is 5.69 Å². The first-order valence-corrected chi connectivity index (χ1v) is 7.76. The fraction of sp³-hybridized carbons (Fsp3) is 0.400. The molecule has 128 valence electrons. The number of halogens is 4. The van der Waals surface area contributed by atoms with E-state index in [0.717, 1.165) is 25.2 Å². The number of nitrogens with zero attached hydrogens (tertiary/aromatic N) is 3. The van der Waals surface area contributed by atoms with Gasteiger partial charge in [-0.15, -0.1) is 0 Å². The number of ketones is 1. The van der Waals surface area contributed by atoms with Crippen molar-refractivity contribution < 1.29 is 18.0 Å². The molecule has 1 saturated heterocycles. The molecule has 3 rings (SSSR count). The van der Waals surface area contributed by atoms with Crippen molar-refractivity contribution in [3.05, 3.63) is 40.9 Å². The van der Waals surface area contributed by atoms with Gasteiger partial charge in [-0.3, -0.25) is 4.79 Å². The van der Waals surface area contributed by atoms with Gasteiger partial charge in [0, 0.05) is 18.2 Å². The van der Waals surface area contributed by atoms with Crippen LogP contribution >= 0.6 is 11.6 Å². The lowest BCUT2D eigenvalue weighted by Crippen LogP contribution is -2.48. The topological polar surface area (TPSA) is 59.8 Å². The van der Waals surface area contributed by atoms with Crippen molar-refractivity contribution in [3.63, 3.8) is 0 Å². The Morgan fingerprint density at radius 2 is 2.17 bits per heavy atom. The van der Waals surface area contributed by atoms with E-state index in [4.69, 9.17) is 11.6 Å². The summed E-state index contributed by atoms with van der Waals surface area (Å²) in [5, 5.41) is 7.33. The highest BCUT2D eigenvalue weighted by molar-refractivity contribution is 6.30. The van der Waals surface area contributed by atoms with E-state index in [1.807, 2.05) is 0 Å². The molecule has 1 aliphatic heterocycles. The normalized spacial score (nSPS) is 17.6. The van der Waals surface area contributed by atoms with Crippen molar-refractivity contribution in [2.75, 3.05) is 6.54 Å². The van der Waals surface area contributed by atoms with E-state index in [1.165, 1.54) is 10.7 Å². The summed E-state index contributed by atoms with van der Waals surface area (Å²) in [4.78, 5) is 15.3. The average molecular weight is 359 g/mol. The molecule has 0 saturated carbocycles.